The number of aromatic nitrogens is 3. The molecule has 2 aromatic carbocycles. The highest BCUT2D eigenvalue weighted by atomic mass is 15.1. The number of imidazole rings is 1. The van der Waals surface area contributed by atoms with Crippen LogP contribution in [0.15, 0.2) is 54.6 Å². The summed E-state index contributed by atoms with van der Waals surface area (Å²) in [5, 5.41) is 1.25. The van der Waals surface area contributed by atoms with E-state index in [4.69, 9.17) is 4.98 Å². The molecule has 3 nitrogen and oxygen atoms in total. The summed E-state index contributed by atoms with van der Waals surface area (Å²) in [6.45, 7) is 9.16. The minimum atomic E-state index is 0.142. The molecule has 2 aromatic heterocycles. The standard InChI is InChI=1S/C22H25N3/c1-15(22(2,3)4)25-19-13-9-7-11-17(19)23-21(25)20-14-16-10-6-8-12-18(16)24(20)5/h6-15H,1-5H3. The van der Waals surface area contributed by atoms with Crippen LogP contribution in [0.1, 0.15) is 33.7 Å². The van der Waals surface area contributed by atoms with Crippen LogP contribution in [-0.4, -0.2) is 14.1 Å². The fourth-order valence-corrected chi connectivity index (χ4v) is 3.51. The molecule has 1 unspecified atom stereocenters. The molecule has 25 heavy (non-hydrogen) atoms. The predicted molar refractivity (Wildman–Crippen MR) is 106 cm³/mol. The third kappa shape index (κ3) is 2.46. The number of hydrogen-bond acceptors (Lipinski definition) is 1. The van der Waals surface area contributed by atoms with Crippen molar-refractivity contribution in [3.63, 3.8) is 0 Å². The first-order valence-electron chi connectivity index (χ1n) is 8.90. The summed E-state index contributed by atoms with van der Waals surface area (Å²) < 4.78 is 4.66. The van der Waals surface area contributed by atoms with E-state index in [1.807, 2.05) is 0 Å². The molecule has 0 radical (unpaired) electrons. The van der Waals surface area contributed by atoms with E-state index >= 15 is 0 Å². The first-order valence-corrected chi connectivity index (χ1v) is 8.90. The van der Waals surface area contributed by atoms with Gasteiger partial charge >= 0.3 is 0 Å². The molecule has 0 saturated heterocycles. The molecule has 0 aliphatic rings. The van der Waals surface area contributed by atoms with Gasteiger partial charge in [-0.05, 0) is 36.6 Å². The third-order valence-electron chi connectivity index (χ3n) is 5.42. The van der Waals surface area contributed by atoms with Crippen molar-refractivity contribution in [2.45, 2.75) is 33.7 Å². The van der Waals surface area contributed by atoms with Crippen molar-refractivity contribution in [3.8, 4) is 11.5 Å². The first-order chi connectivity index (χ1) is 11.9. The van der Waals surface area contributed by atoms with E-state index in [2.05, 4.69) is 98.5 Å². The van der Waals surface area contributed by atoms with Crippen molar-refractivity contribution in [1.29, 1.82) is 0 Å². The lowest BCUT2D eigenvalue weighted by atomic mass is 9.87. The van der Waals surface area contributed by atoms with Gasteiger partial charge in [-0.15, -0.1) is 0 Å². The Labute approximate surface area is 148 Å². The van der Waals surface area contributed by atoms with Gasteiger partial charge in [-0.2, -0.15) is 0 Å². The van der Waals surface area contributed by atoms with Crippen LogP contribution in [0.3, 0.4) is 0 Å². The second-order valence-corrected chi connectivity index (χ2v) is 7.98. The van der Waals surface area contributed by atoms with E-state index in [0.717, 1.165) is 17.0 Å². The third-order valence-corrected chi connectivity index (χ3v) is 5.42. The monoisotopic (exact) mass is 331 g/mol. The van der Waals surface area contributed by atoms with Crippen molar-refractivity contribution < 1.29 is 0 Å². The minimum absolute atomic E-state index is 0.142. The summed E-state index contributed by atoms with van der Waals surface area (Å²) in [5.74, 6) is 1.04. The average Bonchev–Trinajstić information content (AvgIpc) is 3.11. The number of nitrogens with zero attached hydrogens (tertiary/aromatic N) is 3. The van der Waals surface area contributed by atoms with Gasteiger partial charge in [-0.3, -0.25) is 0 Å². The Morgan fingerprint density at radius 1 is 0.920 bits per heavy atom. The maximum atomic E-state index is 5.02. The van der Waals surface area contributed by atoms with Crippen LogP contribution in [0.4, 0.5) is 0 Å². The minimum Gasteiger partial charge on any atom is -0.341 e. The highest BCUT2D eigenvalue weighted by molar-refractivity contribution is 5.88. The fraction of sp³-hybridized carbons (Fsp3) is 0.318. The van der Waals surface area contributed by atoms with E-state index in [9.17, 15) is 0 Å². The molecule has 1 atom stereocenters. The van der Waals surface area contributed by atoms with Gasteiger partial charge in [-0.25, -0.2) is 4.98 Å². The molecular formula is C22H25N3. The molecule has 0 aliphatic heterocycles. The zero-order valence-corrected chi connectivity index (χ0v) is 15.6. The Bertz CT molecular complexity index is 1060. The molecule has 0 aliphatic carbocycles. The molecule has 3 heteroatoms. The van der Waals surface area contributed by atoms with Crippen LogP contribution in [-0.2, 0) is 7.05 Å². The van der Waals surface area contributed by atoms with Gasteiger partial charge in [0.05, 0.1) is 16.7 Å². The van der Waals surface area contributed by atoms with E-state index < -0.39 is 0 Å². The van der Waals surface area contributed by atoms with Crippen molar-refractivity contribution >= 4 is 21.9 Å². The Hall–Kier alpha value is -2.55. The normalized spacial score (nSPS) is 13.6. The molecule has 2 heterocycles. The molecule has 4 rings (SSSR count). The van der Waals surface area contributed by atoms with Crippen LogP contribution in [0.5, 0.6) is 0 Å². The highest BCUT2D eigenvalue weighted by Gasteiger charge is 2.27. The van der Waals surface area contributed by atoms with Crippen molar-refractivity contribution in [3.05, 3.63) is 54.6 Å². The van der Waals surface area contributed by atoms with E-state index in [1.54, 1.807) is 0 Å². The second-order valence-electron chi connectivity index (χ2n) is 7.98. The first kappa shape index (κ1) is 15.9. The van der Waals surface area contributed by atoms with Gasteiger partial charge in [-0.1, -0.05) is 51.1 Å². The Morgan fingerprint density at radius 3 is 2.24 bits per heavy atom. The number of aryl methyl sites for hydroxylation is 1. The van der Waals surface area contributed by atoms with Gasteiger partial charge in [0.2, 0.25) is 0 Å². The number of rotatable bonds is 2. The molecule has 4 aromatic rings. The summed E-state index contributed by atoms with van der Waals surface area (Å²) in [5.41, 5.74) is 4.79. The van der Waals surface area contributed by atoms with Gasteiger partial charge in [0.15, 0.2) is 5.82 Å². The summed E-state index contributed by atoms with van der Waals surface area (Å²) in [4.78, 5) is 5.02. The zero-order valence-electron chi connectivity index (χ0n) is 15.6. The van der Waals surface area contributed by atoms with Gasteiger partial charge in [0.25, 0.3) is 0 Å². The number of fused-ring (bicyclic) bond motifs is 2. The van der Waals surface area contributed by atoms with Gasteiger partial charge in [0.1, 0.15) is 0 Å². The molecular weight excluding hydrogens is 306 g/mol. The van der Waals surface area contributed by atoms with E-state index in [0.29, 0.717) is 6.04 Å². The topological polar surface area (TPSA) is 22.8 Å². The molecule has 0 saturated carbocycles. The van der Waals surface area contributed by atoms with E-state index in [-0.39, 0.29) is 5.41 Å². The van der Waals surface area contributed by atoms with Crippen molar-refractivity contribution in [1.82, 2.24) is 14.1 Å². The summed E-state index contributed by atoms with van der Waals surface area (Å²) in [6.07, 6.45) is 0. The maximum absolute atomic E-state index is 5.02. The number of hydrogen-bond donors (Lipinski definition) is 0. The van der Waals surface area contributed by atoms with Crippen LogP contribution < -0.4 is 0 Å². The lowest BCUT2D eigenvalue weighted by Gasteiger charge is -2.30. The Morgan fingerprint density at radius 2 is 1.56 bits per heavy atom. The zero-order chi connectivity index (χ0) is 17.8. The Kier molecular flexibility index (Phi) is 3.50. The molecule has 128 valence electrons. The van der Waals surface area contributed by atoms with E-state index in [1.165, 1.54) is 16.4 Å². The molecule has 0 fully saturated rings. The van der Waals surface area contributed by atoms with Gasteiger partial charge < -0.3 is 9.13 Å². The number of benzene rings is 2. The quantitative estimate of drug-likeness (QED) is 0.455. The average molecular weight is 331 g/mol. The highest BCUT2D eigenvalue weighted by Crippen LogP contribution is 2.38. The number of para-hydroxylation sites is 3. The lowest BCUT2D eigenvalue weighted by Crippen LogP contribution is -2.22. The molecule has 0 spiro atoms. The fourth-order valence-electron chi connectivity index (χ4n) is 3.51. The van der Waals surface area contributed by atoms with Gasteiger partial charge in [0, 0.05) is 24.0 Å². The molecule has 0 bridgehead atoms. The summed E-state index contributed by atoms with van der Waals surface area (Å²) >= 11 is 0. The van der Waals surface area contributed by atoms with Crippen LogP contribution in [0, 0.1) is 5.41 Å². The predicted octanol–water partition coefficient (Wildman–Crippen LogP) is 5.80. The maximum Gasteiger partial charge on any atom is 0.158 e. The second kappa shape index (κ2) is 5.48. The van der Waals surface area contributed by atoms with Crippen LogP contribution in [0.25, 0.3) is 33.5 Å². The SMILES string of the molecule is CC(n1c(-c2cc3ccccc3n2C)nc2ccccc21)C(C)(C)C. The largest absolute Gasteiger partial charge is 0.341 e. The van der Waals surface area contributed by atoms with Crippen molar-refractivity contribution in [2.24, 2.45) is 12.5 Å². The lowest BCUT2D eigenvalue weighted by molar-refractivity contribution is 0.269. The summed E-state index contributed by atoms with van der Waals surface area (Å²) in [7, 11) is 2.13. The van der Waals surface area contributed by atoms with Crippen molar-refractivity contribution in [2.75, 3.05) is 0 Å². The molecule has 0 amide bonds. The van der Waals surface area contributed by atoms with Crippen LogP contribution >= 0.6 is 0 Å². The Balaban J connectivity index is 2.05. The smallest absolute Gasteiger partial charge is 0.158 e. The molecule has 0 N–H and O–H groups in total. The summed E-state index contributed by atoms with van der Waals surface area (Å²) in [6, 6.07) is 19.5. The van der Waals surface area contributed by atoms with Crippen LogP contribution in [0.2, 0.25) is 0 Å².